The van der Waals surface area contributed by atoms with E-state index in [4.69, 9.17) is 14.0 Å². The third-order valence-electron chi connectivity index (χ3n) is 4.77. The van der Waals surface area contributed by atoms with E-state index in [0.717, 1.165) is 36.3 Å². The Labute approximate surface area is 190 Å². The fraction of sp³-hybridized carbons (Fsp3) is 0.542. The second-order valence-electron chi connectivity index (χ2n) is 8.92. The summed E-state index contributed by atoms with van der Waals surface area (Å²) >= 11 is 0. The van der Waals surface area contributed by atoms with E-state index >= 15 is 0 Å². The highest BCUT2D eigenvalue weighted by Gasteiger charge is 2.16. The average Bonchev–Trinajstić information content (AvgIpc) is 3.02. The van der Waals surface area contributed by atoms with Gasteiger partial charge in [-0.05, 0) is 79.0 Å². The predicted molar refractivity (Wildman–Crippen MR) is 122 cm³/mol. The van der Waals surface area contributed by atoms with Crippen LogP contribution in [0.3, 0.4) is 0 Å². The molecular formula is C24H35N3O5. The van der Waals surface area contributed by atoms with E-state index in [0.29, 0.717) is 24.5 Å². The number of nitrogens with zero attached hydrogens (tertiary/aromatic N) is 1. The first-order chi connectivity index (χ1) is 15.0. The van der Waals surface area contributed by atoms with Gasteiger partial charge in [-0.3, -0.25) is 4.79 Å². The molecule has 0 saturated carbocycles. The summed E-state index contributed by atoms with van der Waals surface area (Å²) in [6.07, 6.45) is 2.09. The number of unbranched alkanes of at least 4 members (excludes halogenated alkanes) is 1. The lowest BCUT2D eigenvalue weighted by molar-refractivity contribution is 0.0527. The van der Waals surface area contributed by atoms with E-state index in [9.17, 15) is 9.59 Å². The Hall–Kier alpha value is -3.03. The van der Waals surface area contributed by atoms with Crippen LogP contribution in [-0.4, -0.2) is 35.3 Å². The summed E-state index contributed by atoms with van der Waals surface area (Å²) in [4.78, 5) is 24.2. The van der Waals surface area contributed by atoms with Crippen molar-refractivity contribution in [2.75, 3.05) is 6.54 Å². The van der Waals surface area contributed by atoms with Crippen LogP contribution in [0.1, 0.15) is 74.3 Å². The van der Waals surface area contributed by atoms with Crippen LogP contribution in [0.15, 0.2) is 28.8 Å². The van der Waals surface area contributed by atoms with Crippen molar-refractivity contribution in [2.24, 2.45) is 0 Å². The van der Waals surface area contributed by atoms with E-state index in [1.165, 1.54) is 0 Å². The molecule has 32 heavy (non-hydrogen) atoms. The zero-order chi connectivity index (χ0) is 23.7. The summed E-state index contributed by atoms with van der Waals surface area (Å²) in [5.74, 6) is 1.19. The highest BCUT2D eigenvalue weighted by molar-refractivity contribution is 5.94. The van der Waals surface area contributed by atoms with Gasteiger partial charge in [-0.25, -0.2) is 4.79 Å². The molecule has 2 aromatic rings. The molecule has 176 valence electrons. The topological polar surface area (TPSA) is 103 Å². The third kappa shape index (κ3) is 8.61. The number of ether oxygens (including phenoxy) is 2. The summed E-state index contributed by atoms with van der Waals surface area (Å²) in [6, 6.07) is 7.11. The summed E-state index contributed by atoms with van der Waals surface area (Å²) < 4.78 is 16.2. The van der Waals surface area contributed by atoms with Gasteiger partial charge in [0.1, 0.15) is 23.7 Å². The minimum atomic E-state index is -0.500. The predicted octanol–water partition coefficient (Wildman–Crippen LogP) is 4.68. The lowest BCUT2D eigenvalue weighted by Gasteiger charge is -2.19. The first-order valence-corrected chi connectivity index (χ1v) is 11.0. The Balaban J connectivity index is 1.73. The van der Waals surface area contributed by atoms with Crippen molar-refractivity contribution in [1.82, 2.24) is 15.8 Å². The second-order valence-corrected chi connectivity index (χ2v) is 8.92. The lowest BCUT2D eigenvalue weighted by Crippen LogP contribution is -2.34. The molecule has 0 aliphatic rings. The molecule has 8 nitrogen and oxygen atoms in total. The average molecular weight is 446 g/mol. The Bertz CT molecular complexity index is 882. The Morgan fingerprint density at radius 2 is 1.94 bits per heavy atom. The molecular weight excluding hydrogens is 410 g/mol. The molecule has 0 spiro atoms. The van der Waals surface area contributed by atoms with Crippen molar-refractivity contribution in [3.8, 4) is 5.75 Å². The first-order valence-electron chi connectivity index (χ1n) is 11.0. The summed E-state index contributed by atoms with van der Waals surface area (Å²) in [5, 5.41) is 9.67. The van der Waals surface area contributed by atoms with Gasteiger partial charge >= 0.3 is 6.09 Å². The van der Waals surface area contributed by atoms with Gasteiger partial charge < -0.3 is 24.6 Å². The lowest BCUT2D eigenvalue weighted by atomic mass is 10.1. The number of benzene rings is 1. The quantitative estimate of drug-likeness (QED) is 0.515. The standard InChI is InChI=1S/C24H35N3O5/c1-16(10-7-8-13-25-23(29)31-24(4,5)6)26-22(28)19-11-9-12-20(14-19)30-15-21-17(2)27-32-18(21)3/h9,11-12,14,16H,7-8,10,13,15H2,1-6H3,(H,25,29)(H,26,28). The molecule has 1 heterocycles. The molecule has 2 rings (SSSR count). The molecule has 2 N–H and O–H groups in total. The molecule has 1 aromatic carbocycles. The SMILES string of the molecule is Cc1noc(C)c1COc1cccc(C(=O)NC(C)CCCCNC(=O)OC(C)(C)C)c1. The molecule has 0 fully saturated rings. The number of rotatable bonds is 10. The van der Waals surface area contributed by atoms with Crippen LogP contribution in [0.25, 0.3) is 0 Å². The van der Waals surface area contributed by atoms with Crippen LogP contribution in [0.5, 0.6) is 5.75 Å². The van der Waals surface area contributed by atoms with Gasteiger partial charge in [-0.2, -0.15) is 0 Å². The minimum Gasteiger partial charge on any atom is -0.489 e. The van der Waals surface area contributed by atoms with Crippen LogP contribution < -0.4 is 15.4 Å². The number of nitrogens with one attached hydrogen (secondary N) is 2. The van der Waals surface area contributed by atoms with Crippen LogP contribution in [-0.2, 0) is 11.3 Å². The monoisotopic (exact) mass is 445 g/mol. The number of alkyl carbamates (subject to hydrolysis) is 1. The van der Waals surface area contributed by atoms with E-state index in [1.54, 1.807) is 18.2 Å². The number of carbonyl (C=O) groups is 2. The van der Waals surface area contributed by atoms with Gasteiger partial charge in [-0.1, -0.05) is 11.2 Å². The van der Waals surface area contributed by atoms with Crippen LogP contribution in [0, 0.1) is 13.8 Å². The smallest absolute Gasteiger partial charge is 0.407 e. The normalized spacial score (nSPS) is 12.2. The van der Waals surface area contributed by atoms with Crippen molar-refractivity contribution >= 4 is 12.0 Å². The molecule has 2 amide bonds. The number of carbonyl (C=O) groups excluding carboxylic acids is 2. The van der Waals surface area contributed by atoms with Crippen molar-refractivity contribution in [3.05, 3.63) is 46.8 Å². The molecule has 1 aromatic heterocycles. The molecule has 8 heteroatoms. The minimum absolute atomic E-state index is 0.0101. The van der Waals surface area contributed by atoms with E-state index in [1.807, 2.05) is 47.6 Å². The van der Waals surface area contributed by atoms with Gasteiger partial charge in [0.15, 0.2) is 0 Å². The molecule has 0 aliphatic heterocycles. The number of amides is 2. The summed E-state index contributed by atoms with van der Waals surface area (Å²) in [6.45, 7) is 12.1. The number of hydrogen-bond acceptors (Lipinski definition) is 6. The van der Waals surface area contributed by atoms with Crippen LogP contribution >= 0.6 is 0 Å². The zero-order valence-electron chi connectivity index (χ0n) is 19.9. The molecule has 1 unspecified atom stereocenters. The summed E-state index contributed by atoms with van der Waals surface area (Å²) in [5.41, 5.74) is 1.75. The molecule has 0 bridgehead atoms. The maximum atomic E-state index is 12.6. The molecule has 0 radical (unpaired) electrons. The third-order valence-corrected chi connectivity index (χ3v) is 4.77. The van der Waals surface area contributed by atoms with Crippen LogP contribution in [0.2, 0.25) is 0 Å². The van der Waals surface area contributed by atoms with Crippen molar-refractivity contribution in [2.45, 2.75) is 79.1 Å². The van der Waals surface area contributed by atoms with Gasteiger partial charge in [-0.15, -0.1) is 0 Å². The van der Waals surface area contributed by atoms with Gasteiger partial charge in [0, 0.05) is 18.2 Å². The van der Waals surface area contributed by atoms with Crippen LogP contribution in [0.4, 0.5) is 4.79 Å². The van der Waals surface area contributed by atoms with Gasteiger partial charge in [0.2, 0.25) is 0 Å². The molecule has 0 saturated heterocycles. The summed E-state index contributed by atoms with van der Waals surface area (Å²) in [7, 11) is 0. The van der Waals surface area contributed by atoms with E-state index < -0.39 is 11.7 Å². The maximum Gasteiger partial charge on any atom is 0.407 e. The second kappa shape index (κ2) is 11.5. The van der Waals surface area contributed by atoms with E-state index in [-0.39, 0.29) is 11.9 Å². The highest BCUT2D eigenvalue weighted by Crippen LogP contribution is 2.19. The number of hydrogen-bond donors (Lipinski definition) is 2. The fourth-order valence-corrected chi connectivity index (χ4v) is 3.05. The number of aryl methyl sites for hydroxylation is 2. The van der Waals surface area contributed by atoms with Crippen molar-refractivity contribution in [3.63, 3.8) is 0 Å². The maximum absolute atomic E-state index is 12.6. The zero-order valence-corrected chi connectivity index (χ0v) is 19.9. The largest absolute Gasteiger partial charge is 0.489 e. The first kappa shape index (κ1) is 25.2. The fourth-order valence-electron chi connectivity index (χ4n) is 3.05. The van der Waals surface area contributed by atoms with Gasteiger partial charge in [0.05, 0.1) is 11.3 Å². The van der Waals surface area contributed by atoms with Gasteiger partial charge in [0.25, 0.3) is 5.91 Å². The highest BCUT2D eigenvalue weighted by atomic mass is 16.6. The molecule has 1 atom stereocenters. The molecule has 0 aliphatic carbocycles. The van der Waals surface area contributed by atoms with Crippen molar-refractivity contribution < 1.29 is 23.6 Å². The number of aromatic nitrogens is 1. The Morgan fingerprint density at radius 3 is 2.59 bits per heavy atom. The Kier molecular flexibility index (Phi) is 9.11. The van der Waals surface area contributed by atoms with E-state index in [2.05, 4.69) is 15.8 Å². The van der Waals surface area contributed by atoms with Crippen molar-refractivity contribution in [1.29, 1.82) is 0 Å². The Morgan fingerprint density at radius 1 is 1.19 bits per heavy atom.